The van der Waals surface area contributed by atoms with Gasteiger partial charge in [-0.05, 0) is 43.2 Å². The Morgan fingerprint density at radius 3 is 2.89 bits per heavy atom. The van der Waals surface area contributed by atoms with Crippen LogP contribution in [0.2, 0.25) is 0 Å². The fourth-order valence-electron chi connectivity index (χ4n) is 2.03. The molecule has 94 valence electrons. The number of thiol groups is 1. The van der Waals surface area contributed by atoms with Crippen molar-refractivity contribution in [3.8, 4) is 5.88 Å². The number of benzene rings is 1. The van der Waals surface area contributed by atoms with Crippen LogP contribution in [0.15, 0.2) is 34.9 Å². The van der Waals surface area contributed by atoms with Crippen LogP contribution in [0.1, 0.15) is 29.9 Å². The molecule has 0 radical (unpaired) electrons. The van der Waals surface area contributed by atoms with Crippen LogP contribution in [-0.2, 0) is 6.61 Å². The Balaban J connectivity index is 1.79. The number of hydrogen-bond acceptors (Lipinski definition) is 3. The fourth-order valence-corrected chi connectivity index (χ4v) is 2.68. The summed E-state index contributed by atoms with van der Waals surface area (Å²) in [5, 5.41) is 4.09. The smallest absolute Gasteiger partial charge is 0.234 e. The van der Waals surface area contributed by atoms with Crippen molar-refractivity contribution in [2.24, 2.45) is 0 Å². The largest absolute Gasteiger partial charge is 0.472 e. The van der Waals surface area contributed by atoms with Gasteiger partial charge in [0.15, 0.2) is 0 Å². The van der Waals surface area contributed by atoms with Crippen LogP contribution >= 0.6 is 28.7 Å². The van der Waals surface area contributed by atoms with Crippen molar-refractivity contribution in [3.05, 3.63) is 46.1 Å². The van der Waals surface area contributed by atoms with Gasteiger partial charge in [-0.3, -0.25) is 0 Å². The first-order valence-corrected chi connectivity index (χ1v) is 7.08. The molecule has 2 aromatic rings. The number of ether oxygens (including phenoxy) is 1. The van der Waals surface area contributed by atoms with Crippen molar-refractivity contribution in [1.82, 2.24) is 9.19 Å². The lowest BCUT2D eigenvalue weighted by Crippen LogP contribution is -2.01. The highest BCUT2D eigenvalue weighted by Crippen LogP contribution is 2.43. The molecular weight excluding hydrogens is 312 g/mol. The monoisotopic (exact) mass is 324 g/mol. The van der Waals surface area contributed by atoms with E-state index in [1.165, 1.54) is 28.1 Å². The standard InChI is InChI=1S/C13H13BrN2OS/c14-12-3-1-2-10(9-4-5-9)11(12)8-17-13-6-7-16(18)15-13/h1-3,6-7,9,18H,4-5,8H2. The van der Waals surface area contributed by atoms with E-state index in [1.807, 2.05) is 0 Å². The highest BCUT2D eigenvalue weighted by molar-refractivity contribution is 9.10. The van der Waals surface area contributed by atoms with Gasteiger partial charge in [0.05, 0.1) is 0 Å². The van der Waals surface area contributed by atoms with Crippen molar-refractivity contribution in [2.75, 3.05) is 0 Å². The van der Waals surface area contributed by atoms with Gasteiger partial charge in [0.25, 0.3) is 0 Å². The highest BCUT2D eigenvalue weighted by Gasteiger charge is 2.26. The molecule has 1 aromatic heterocycles. The molecular formula is C13H13BrN2OS. The maximum absolute atomic E-state index is 5.70. The van der Waals surface area contributed by atoms with Gasteiger partial charge in [0, 0.05) is 22.3 Å². The second-order valence-electron chi connectivity index (χ2n) is 4.44. The lowest BCUT2D eigenvalue weighted by Gasteiger charge is -2.11. The van der Waals surface area contributed by atoms with Crippen molar-refractivity contribution < 1.29 is 4.74 Å². The molecule has 1 fully saturated rings. The lowest BCUT2D eigenvalue weighted by molar-refractivity contribution is 0.291. The van der Waals surface area contributed by atoms with Crippen LogP contribution in [-0.4, -0.2) is 9.19 Å². The molecule has 3 rings (SSSR count). The van der Waals surface area contributed by atoms with Gasteiger partial charge in [0.1, 0.15) is 6.61 Å². The molecule has 0 amide bonds. The van der Waals surface area contributed by atoms with E-state index >= 15 is 0 Å². The summed E-state index contributed by atoms with van der Waals surface area (Å²) < 4.78 is 8.25. The van der Waals surface area contributed by atoms with Crippen LogP contribution < -0.4 is 4.74 Å². The summed E-state index contributed by atoms with van der Waals surface area (Å²) in [6.45, 7) is 0.540. The Morgan fingerprint density at radius 2 is 2.22 bits per heavy atom. The molecule has 18 heavy (non-hydrogen) atoms. The molecule has 0 bridgehead atoms. The Morgan fingerprint density at radius 1 is 1.39 bits per heavy atom. The van der Waals surface area contributed by atoms with Gasteiger partial charge in [0.2, 0.25) is 5.88 Å². The van der Waals surface area contributed by atoms with E-state index in [0.717, 1.165) is 4.47 Å². The molecule has 1 saturated carbocycles. The Kier molecular flexibility index (Phi) is 3.35. The number of hydrogen-bond donors (Lipinski definition) is 1. The Hall–Kier alpha value is -0.940. The topological polar surface area (TPSA) is 27.1 Å². The van der Waals surface area contributed by atoms with E-state index < -0.39 is 0 Å². The molecule has 1 heterocycles. The molecule has 3 nitrogen and oxygen atoms in total. The van der Waals surface area contributed by atoms with Gasteiger partial charge in [-0.1, -0.05) is 28.1 Å². The molecule has 0 N–H and O–H groups in total. The molecule has 0 saturated heterocycles. The van der Waals surface area contributed by atoms with E-state index in [9.17, 15) is 0 Å². The second kappa shape index (κ2) is 4.97. The van der Waals surface area contributed by atoms with E-state index in [2.05, 4.69) is 52.0 Å². The lowest BCUT2D eigenvalue weighted by atomic mass is 10.0. The normalized spacial score (nSPS) is 14.8. The van der Waals surface area contributed by atoms with Crippen molar-refractivity contribution in [1.29, 1.82) is 0 Å². The van der Waals surface area contributed by atoms with Crippen LogP contribution in [0.5, 0.6) is 5.88 Å². The zero-order valence-electron chi connectivity index (χ0n) is 9.71. The summed E-state index contributed by atoms with van der Waals surface area (Å²) in [4.78, 5) is 0. The van der Waals surface area contributed by atoms with E-state index in [0.29, 0.717) is 18.4 Å². The minimum absolute atomic E-state index is 0.540. The number of aromatic nitrogens is 2. The molecule has 0 atom stereocenters. The molecule has 1 aliphatic carbocycles. The summed E-state index contributed by atoms with van der Waals surface area (Å²) in [6.07, 6.45) is 4.32. The summed E-state index contributed by atoms with van der Waals surface area (Å²) in [7, 11) is 0. The van der Waals surface area contributed by atoms with Crippen LogP contribution in [0.25, 0.3) is 0 Å². The molecule has 1 aliphatic rings. The van der Waals surface area contributed by atoms with E-state index in [4.69, 9.17) is 4.74 Å². The summed E-state index contributed by atoms with van der Waals surface area (Å²) in [6, 6.07) is 8.14. The summed E-state index contributed by atoms with van der Waals surface area (Å²) in [5.74, 6) is 1.31. The molecule has 0 aliphatic heterocycles. The number of rotatable bonds is 4. The van der Waals surface area contributed by atoms with Gasteiger partial charge in [-0.25, -0.2) is 4.09 Å². The summed E-state index contributed by atoms with van der Waals surface area (Å²) in [5.41, 5.74) is 2.63. The van der Waals surface area contributed by atoms with Crippen molar-refractivity contribution >= 4 is 28.7 Å². The quantitative estimate of drug-likeness (QED) is 0.866. The van der Waals surface area contributed by atoms with Crippen molar-refractivity contribution in [2.45, 2.75) is 25.4 Å². The first-order chi connectivity index (χ1) is 8.74. The maximum atomic E-state index is 5.70. The van der Waals surface area contributed by atoms with Gasteiger partial charge in [-0.2, -0.15) is 0 Å². The van der Waals surface area contributed by atoms with Crippen molar-refractivity contribution in [3.63, 3.8) is 0 Å². The van der Waals surface area contributed by atoms with Crippen LogP contribution in [0.4, 0.5) is 0 Å². The summed E-state index contributed by atoms with van der Waals surface area (Å²) >= 11 is 7.69. The Bertz CT molecular complexity index is 566. The van der Waals surface area contributed by atoms with Gasteiger partial charge in [-0.15, -0.1) is 5.10 Å². The SMILES string of the molecule is Sn1ccc(OCc2c(Br)cccc2C2CC2)n1. The third-order valence-electron chi connectivity index (χ3n) is 3.09. The third kappa shape index (κ3) is 2.57. The molecule has 0 unspecified atom stereocenters. The minimum Gasteiger partial charge on any atom is -0.472 e. The van der Waals surface area contributed by atoms with E-state index in [-0.39, 0.29) is 0 Å². The predicted octanol–water partition coefficient (Wildman–Crippen LogP) is 3.79. The average Bonchev–Trinajstić information content (AvgIpc) is 3.11. The molecule has 0 spiro atoms. The van der Waals surface area contributed by atoms with E-state index in [1.54, 1.807) is 12.3 Å². The Labute approximate surface area is 120 Å². The van der Waals surface area contributed by atoms with Crippen LogP contribution in [0, 0.1) is 0 Å². The first kappa shape index (κ1) is 12.1. The predicted molar refractivity (Wildman–Crippen MR) is 77.1 cm³/mol. The first-order valence-electron chi connectivity index (χ1n) is 5.89. The zero-order valence-corrected chi connectivity index (χ0v) is 12.2. The zero-order chi connectivity index (χ0) is 12.5. The van der Waals surface area contributed by atoms with Gasteiger partial charge >= 0.3 is 0 Å². The third-order valence-corrected chi connectivity index (χ3v) is 4.05. The fraction of sp³-hybridized carbons (Fsp3) is 0.308. The average molecular weight is 325 g/mol. The van der Waals surface area contributed by atoms with Gasteiger partial charge < -0.3 is 4.74 Å². The van der Waals surface area contributed by atoms with Crippen LogP contribution in [0.3, 0.4) is 0 Å². The number of nitrogens with zero attached hydrogens (tertiary/aromatic N) is 2. The molecule has 5 heteroatoms. The maximum Gasteiger partial charge on any atom is 0.234 e. The molecule has 1 aromatic carbocycles. The number of halogens is 1. The second-order valence-corrected chi connectivity index (χ2v) is 5.71. The highest BCUT2D eigenvalue weighted by atomic mass is 79.9. The minimum atomic E-state index is 0.540.